The molecule has 7 nitrogen and oxygen atoms in total. The quantitative estimate of drug-likeness (QED) is 0.660. The van der Waals surface area contributed by atoms with Gasteiger partial charge >= 0.3 is 0 Å². The highest BCUT2D eigenvalue weighted by Gasteiger charge is 2.18. The Morgan fingerprint density at radius 3 is 2.59 bits per heavy atom. The molecule has 2 rings (SSSR count). The van der Waals surface area contributed by atoms with Crippen molar-refractivity contribution in [3.63, 3.8) is 0 Å². The molecule has 2 N–H and O–H groups in total. The number of amides is 2. The van der Waals surface area contributed by atoms with Crippen molar-refractivity contribution in [1.82, 2.24) is 15.4 Å². The molecule has 0 aliphatic carbocycles. The average Bonchev–Trinajstić information content (AvgIpc) is 3.01. The van der Waals surface area contributed by atoms with Crippen LogP contribution in [0, 0.1) is 6.92 Å². The Balaban J connectivity index is 1.74. The van der Waals surface area contributed by atoms with E-state index in [1.54, 1.807) is 13.0 Å². The molecule has 0 aliphatic heterocycles. The standard InChI is InChI=1S/C18H23ClN4O3S/c1-12-8-16(22-26-12)21-18(25)11-27-10-17(24)20-9-15(23(2)3)13-6-4-5-7-14(13)19/h4-8,15H,9-11H2,1-3H3,(H,20,24)(H,21,22,25). The lowest BCUT2D eigenvalue weighted by atomic mass is 10.1. The van der Waals surface area contributed by atoms with E-state index in [9.17, 15) is 9.59 Å². The maximum Gasteiger partial charge on any atom is 0.235 e. The summed E-state index contributed by atoms with van der Waals surface area (Å²) in [6.07, 6.45) is 0. The number of halogens is 1. The van der Waals surface area contributed by atoms with Gasteiger partial charge in [-0.1, -0.05) is 35.0 Å². The third kappa shape index (κ3) is 6.89. The van der Waals surface area contributed by atoms with E-state index in [0.717, 1.165) is 5.56 Å². The number of carbonyl (C=O) groups is 2. The fourth-order valence-electron chi connectivity index (χ4n) is 2.42. The number of hydrogen-bond acceptors (Lipinski definition) is 6. The summed E-state index contributed by atoms with van der Waals surface area (Å²) in [5.41, 5.74) is 0.958. The minimum Gasteiger partial charge on any atom is -0.360 e. The predicted octanol–water partition coefficient (Wildman–Crippen LogP) is 2.73. The van der Waals surface area contributed by atoms with Crippen molar-refractivity contribution in [2.45, 2.75) is 13.0 Å². The van der Waals surface area contributed by atoms with Crippen LogP contribution >= 0.6 is 23.4 Å². The Morgan fingerprint density at radius 2 is 1.96 bits per heavy atom. The summed E-state index contributed by atoms with van der Waals surface area (Å²) in [5.74, 6) is 0.962. The van der Waals surface area contributed by atoms with Crippen LogP contribution in [0.2, 0.25) is 5.02 Å². The molecule has 2 amide bonds. The molecule has 0 spiro atoms. The number of aromatic nitrogens is 1. The summed E-state index contributed by atoms with van der Waals surface area (Å²) in [4.78, 5) is 25.9. The van der Waals surface area contributed by atoms with E-state index in [4.69, 9.17) is 16.1 Å². The van der Waals surface area contributed by atoms with Gasteiger partial charge in [0.2, 0.25) is 11.8 Å². The minimum atomic E-state index is -0.233. The van der Waals surface area contributed by atoms with Gasteiger partial charge in [-0.15, -0.1) is 11.8 Å². The van der Waals surface area contributed by atoms with Gasteiger partial charge in [-0.2, -0.15) is 0 Å². The Hall–Kier alpha value is -2.03. The molecule has 1 atom stereocenters. The van der Waals surface area contributed by atoms with Crippen molar-refractivity contribution in [2.75, 3.05) is 37.5 Å². The number of thioether (sulfide) groups is 1. The van der Waals surface area contributed by atoms with Gasteiger partial charge in [0.1, 0.15) is 5.76 Å². The Labute approximate surface area is 167 Å². The first-order chi connectivity index (χ1) is 12.9. The molecule has 146 valence electrons. The van der Waals surface area contributed by atoms with Crippen LogP contribution in [0.4, 0.5) is 5.82 Å². The molecule has 2 aromatic rings. The van der Waals surface area contributed by atoms with E-state index >= 15 is 0 Å². The lowest BCUT2D eigenvalue weighted by Gasteiger charge is -2.26. The van der Waals surface area contributed by atoms with E-state index < -0.39 is 0 Å². The first kappa shape index (κ1) is 21.3. The van der Waals surface area contributed by atoms with Crippen LogP contribution in [-0.2, 0) is 9.59 Å². The van der Waals surface area contributed by atoms with Gasteiger partial charge in [-0.3, -0.25) is 9.59 Å². The topological polar surface area (TPSA) is 87.5 Å². The van der Waals surface area contributed by atoms with Crippen LogP contribution in [0.1, 0.15) is 17.4 Å². The van der Waals surface area contributed by atoms with Gasteiger partial charge in [0.25, 0.3) is 0 Å². The van der Waals surface area contributed by atoms with Crippen molar-refractivity contribution in [3.8, 4) is 0 Å². The van der Waals surface area contributed by atoms with Crippen molar-refractivity contribution >= 4 is 41.0 Å². The summed E-state index contributed by atoms with van der Waals surface area (Å²) in [6.45, 7) is 2.17. The van der Waals surface area contributed by atoms with Crippen LogP contribution in [-0.4, -0.2) is 54.0 Å². The Bertz CT molecular complexity index is 781. The normalized spacial score (nSPS) is 12.0. The van der Waals surface area contributed by atoms with Crippen LogP contribution in [0.3, 0.4) is 0 Å². The minimum absolute atomic E-state index is 0.0358. The van der Waals surface area contributed by atoms with Gasteiger partial charge in [-0.25, -0.2) is 0 Å². The lowest BCUT2D eigenvalue weighted by molar-refractivity contribution is -0.118. The van der Waals surface area contributed by atoms with Crippen molar-refractivity contribution in [1.29, 1.82) is 0 Å². The number of nitrogens with one attached hydrogen (secondary N) is 2. The maximum atomic E-state index is 12.1. The van der Waals surface area contributed by atoms with E-state index in [-0.39, 0.29) is 29.4 Å². The van der Waals surface area contributed by atoms with Crippen LogP contribution in [0.25, 0.3) is 0 Å². The second-order valence-electron chi connectivity index (χ2n) is 6.17. The molecular weight excluding hydrogens is 388 g/mol. The van der Waals surface area contributed by atoms with Crippen molar-refractivity contribution < 1.29 is 14.1 Å². The molecule has 0 aliphatic rings. The second kappa shape index (κ2) is 10.3. The Morgan fingerprint density at radius 1 is 1.26 bits per heavy atom. The molecule has 0 radical (unpaired) electrons. The van der Waals surface area contributed by atoms with Gasteiger partial charge in [0, 0.05) is 17.6 Å². The van der Waals surface area contributed by atoms with E-state index in [2.05, 4.69) is 15.8 Å². The molecule has 27 heavy (non-hydrogen) atoms. The predicted molar refractivity (Wildman–Crippen MR) is 108 cm³/mol. The maximum absolute atomic E-state index is 12.1. The van der Waals surface area contributed by atoms with Gasteiger partial charge < -0.3 is 20.1 Å². The first-order valence-corrected chi connectivity index (χ1v) is 9.88. The van der Waals surface area contributed by atoms with E-state index in [0.29, 0.717) is 23.1 Å². The molecule has 0 saturated heterocycles. The zero-order valence-corrected chi connectivity index (χ0v) is 17.1. The molecule has 1 heterocycles. The molecule has 9 heteroatoms. The van der Waals surface area contributed by atoms with Crippen LogP contribution in [0.15, 0.2) is 34.9 Å². The summed E-state index contributed by atoms with van der Waals surface area (Å²) >= 11 is 7.50. The zero-order chi connectivity index (χ0) is 19.8. The third-order valence-electron chi connectivity index (χ3n) is 3.74. The molecule has 0 bridgehead atoms. The summed E-state index contributed by atoms with van der Waals surface area (Å²) < 4.78 is 4.88. The number of hydrogen-bond donors (Lipinski definition) is 2. The van der Waals surface area contributed by atoms with Gasteiger partial charge in [0.05, 0.1) is 17.5 Å². The van der Waals surface area contributed by atoms with Crippen molar-refractivity contribution in [3.05, 3.63) is 46.7 Å². The Kier molecular flexibility index (Phi) is 8.15. The number of benzene rings is 1. The zero-order valence-electron chi connectivity index (χ0n) is 15.5. The summed E-state index contributed by atoms with van der Waals surface area (Å²) in [7, 11) is 3.87. The highest BCUT2D eigenvalue weighted by Crippen LogP contribution is 2.25. The molecule has 0 fully saturated rings. The average molecular weight is 411 g/mol. The molecule has 0 saturated carbocycles. The number of aryl methyl sites for hydroxylation is 1. The van der Waals surface area contributed by atoms with Crippen molar-refractivity contribution in [2.24, 2.45) is 0 Å². The smallest absolute Gasteiger partial charge is 0.235 e. The highest BCUT2D eigenvalue weighted by atomic mass is 35.5. The number of likely N-dealkylation sites (N-methyl/N-ethyl adjacent to an activating group) is 1. The molecular formula is C18H23ClN4O3S. The fourth-order valence-corrected chi connectivity index (χ4v) is 3.33. The second-order valence-corrected chi connectivity index (χ2v) is 7.56. The SMILES string of the molecule is Cc1cc(NC(=O)CSCC(=O)NCC(c2ccccc2Cl)N(C)C)no1. The third-order valence-corrected chi connectivity index (χ3v) is 5.02. The number of nitrogens with zero attached hydrogens (tertiary/aromatic N) is 2. The van der Waals surface area contributed by atoms with E-state index in [1.165, 1.54) is 11.8 Å². The molecule has 1 aromatic heterocycles. The lowest BCUT2D eigenvalue weighted by Crippen LogP contribution is -2.35. The number of rotatable bonds is 9. The number of carbonyl (C=O) groups excluding carboxylic acids is 2. The summed E-state index contributed by atoms with van der Waals surface area (Å²) in [6, 6.07) is 9.17. The largest absolute Gasteiger partial charge is 0.360 e. The molecule has 1 unspecified atom stereocenters. The van der Waals surface area contributed by atoms with Crippen LogP contribution < -0.4 is 10.6 Å². The first-order valence-electron chi connectivity index (χ1n) is 8.35. The number of anilines is 1. The van der Waals surface area contributed by atoms with E-state index in [1.807, 2.05) is 43.3 Å². The molecule has 1 aromatic carbocycles. The van der Waals surface area contributed by atoms with Gasteiger partial charge in [0.15, 0.2) is 5.82 Å². The fraction of sp³-hybridized carbons (Fsp3) is 0.389. The highest BCUT2D eigenvalue weighted by molar-refractivity contribution is 8.00. The summed E-state index contributed by atoms with van der Waals surface area (Å²) in [5, 5.41) is 9.86. The monoisotopic (exact) mass is 410 g/mol. The van der Waals surface area contributed by atoms with Crippen LogP contribution in [0.5, 0.6) is 0 Å². The van der Waals surface area contributed by atoms with Gasteiger partial charge in [-0.05, 0) is 32.6 Å².